The highest BCUT2D eigenvalue weighted by Gasteiger charge is 2.67. The normalized spacial score (nSPS) is 35.6. The second-order valence-electron chi connectivity index (χ2n) is 8.52. The van der Waals surface area contributed by atoms with Crippen molar-refractivity contribution in [2.24, 2.45) is 35.5 Å². The molecule has 1 aromatic carbocycles. The van der Waals surface area contributed by atoms with Gasteiger partial charge in [-0.3, -0.25) is 19.3 Å². The number of carbonyl (C=O) groups excluding carboxylic acids is 3. The van der Waals surface area contributed by atoms with Crippen LogP contribution in [0.2, 0.25) is 0 Å². The van der Waals surface area contributed by atoms with Crippen molar-refractivity contribution in [3.05, 3.63) is 40.4 Å². The zero-order valence-electron chi connectivity index (χ0n) is 15.9. The molecule has 0 aromatic heterocycles. The van der Waals surface area contributed by atoms with Crippen molar-refractivity contribution in [1.29, 1.82) is 0 Å². The maximum Gasteiger partial charge on any atom is 0.247 e. The highest BCUT2D eigenvalue weighted by Crippen LogP contribution is 2.65. The third-order valence-electron chi connectivity index (χ3n) is 7.17. The van der Waals surface area contributed by atoms with Crippen LogP contribution in [0.4, 0.5) is 5.69 Å². The molecule has 1 N–H and O–H groups in total. The Kier molecular flexibility index (Phi) is 4.06. The monoisotopic (exact) mass is 442 g/mol. The van der Waals surface area contributed by atoms with Crippen molar-refractivity contribution in [2.75, 3.05) is 5.32 Å². The number of imide groups is 1. The second-order valence-corrected chi connectivity index (χ2v) is 9.44. The lowest BCUT2D eigenvalue weighted by Gasteiger charge is -2.37. The summed E-state index contributed by atoms with van der Waals surface area (Å²) in [5.74, 6) is 0.315. The first-order valence-corrected chi connectivity index (χ1v) is 10.9. The summed E-state index contributed by atoms with van der Waals surface area (Å²) >= 11 is 3.45. The molecule has 2 bridgehead atoms. The Bertz CT molecular complexity index is 890. The number of amides is 3. The van der Waals surface area contributed by atoms with E-state index in [4.69, 9.17) is 0 Å². The quantitative estimate of drug-likeness (QED) is 0.573. The smallest absolute Gasteiger partial charge is 0.247 e. The summed E-state index contributed by atoms with van der Waals surface area (Å²) in [6.45, 7) is 3.68. The summed E-state index contributed by atoms with van der Waals surface area (Å²) in [6.07, 6.45) is 6.20. The number of anilines is 1. The van der Waals surface area contributed by atoms with E-state index in [-0.39, 0.29) is 41.4 Å². The van der Waals surface area contributed by atoms with Gasteiger partial charge in [0.2, 0.25) is 17.7 Å². The summed E-state index contributed by atoms with van der Waals surface area (Å²) in [5, 5.41) is 2.92. The number of carbonyl (C=O) groups is 3. The topological polar surface area (TPSA) is 66.5 Å². The lowest BCUT2D eigenvalue weighted by Crippen LogP contribution is -2.46. The molecule has 6 heteroatoms. The molecule has 5 nitrogen and oxygen atoms in total. The zero-order valence-corrected chi connectivity index (χ0v) is 17.5. The minimum Gasteiger partial charge on any atom is -0.324 e. The van der Waals surface area contributed by atoms with Gasteiger partial charge >= 0.3 is 0 Å². The molecule has 28 heavy (non-hydrogen) atoms. The van der Waals surface area contributed by atoms with E-state index in [2.05, 4.69) is 33.4 Å². The summed E-state index contributed by atoms with van der Waals surface area (Å²) in [7, 11) is 0. The Morgan fingerprint density at radius 3 is 2.36 bits per heavy atom. The highest BCUT2D eigenvalue weighted by atomic mass is 79.9. The summed E-state index contributed by atoms with van der Waals surface area (Å²) < 4.78 is 0.950. The van der Waals surface area contributed by atoms with Crippen LogP contribution in [0.25, 0.3) is 0 Å². The number of hydrogen-bond donors (Lipinski definition) is 1. The molecule has 1 aromatic rings. The maximum absolute atomic E-state index is 13.2. The van der Waals surface area contributed by atoms with Crippen LogP contribution in [0.5, 0.6) is 0 Å². The van der Waals surface area contributed by atoms with Gasteiger partial charge < -0.3 is 5.32 Å². The summed E-state index contributed by atoms with van der Waals surface area (Å²) in [4.78, 5) is 40.5. The molecule has 6 rings (SSSR count). The molecule has 1 aliphatic heterocycles. The van der Waals surface area contributed by atoms with E-state index in [0.717, 1.165) is 28.6 Å². The number of nitrogens with zero attached hydrogens (tertiary/aromatic N) is 1. The number of likely N-dealkylation sites (tertiary alicyclic amines) is 1. The average molecular weight is 443 g/mol. The number of aryl methyl sites for hydroxylation is 1. The second kappa shape index (κ2) is 6.28. The van der Waals surface area contributed by atoms with Gasteiger partial charge in [-0.05, 0) is 67.2 Å². The lowest BCUT2D eigenvalue weighted by molar-refractivity contribution is -0.146. The van der Waals surface area contributed by atoms with Crippen LogP contribution in [0.15, 0.2) is 34.8 Å². The Morgan fingerprint density at radius 1 is 1.18 bits per heavy atom. The number of nitrogens with one attached hydrogen (secondary N) is 1. The first kappa shape index (κ1) is 18.1. The van der Waals surface area contributed by atoms with Crippen molar-refractivity contribution in [3.63, 3.8) is 0 Å². The number of benzene rings is 1. The van der Waals surface area contributed by atoms with E-state index in [1.54, 1.807) is 6.92 Å². The fourth-order valence-electron chi connectivity index (χ4n) is 5.69. The van der Waals surface area contributed by atoms with Crippen molar-refractivity contribution in [1.82, 2.24) is 4.90 Å². The first-order chi connectivity index (χ1) is 13.4. The lowest BCUT2D eigenvalue weighted by atomic mass is 9.63. The van der Waals surface area contributed by atoms with E-state index in [1.165, 1.54) is 4.90 Å². The van der Waals surface area contributed by atoms with Crippen LogP contribution in [0.3, 0.4) is 0 Å². The fraction of sp³-hybridized carbons (Fsp3) is 0.500. The summed E-state index contributed by atoms with van der Waals surface area (Å²) in [6, 6.07) is 4.88. The number of rotatable bonds is 4. The number of allylic oxidation sites excluding steroid dienone is 2. The van der Waals surface area contributed by atoms with Gasteiger partial charge in [-0.15, -0.1) is 0 Å². The third-order valence-corrected chi connectivity index (χ3v) is 7.66. The summed E-state index contributed by atoms with van der Waals surface area (Å²) in [5.41, 5.74) is 1.73. The molecule has 0 spiro atoms. The van der Waals surface area contributed by atoms with Gasteiger partial charge in [0.15, 0.2) is 0 Å². The molecule has 5 aliphatic rings. The molecular formula is C22H23BrN2O3. The Morgan fingerprint density at radius 2 is 1.79 bits per heavy atom. The average Bonchev–Trinajstić information content (AvgIpc) is 3.46. The SMILES string of the molecule is CCc1cc(Br)ccc1NC(=O)C(C)N1C(=O)C2C3C=CC(C4CC34)C2C1=O. The van der Waals surface area contributed by atoms with E-state index < -0.39 is 6.04 Å². The number of halogens is 1. The molecule has 4 aliphatic carbocycles. The van der Waals surface area contributed by atoms with Crippen LogP contribution in [0, 0.1) is 35.5 Å². The fourth-order valence-corrected chi connectivity index (χ4v) is 6.10. The van der Waals surface area contributed by atoms with Crippen molar-refractivity contribution in [2.45, 2.75) is 32.7 Å². The third kappa shape index (κ3) is 2.46. The number of hydrogen-bond acceptors (Lipinski definition) is 3. The largest absolute Gasteiger partial charge is 0.324 e. The van der Waals surface area contributed by atoms with Crippen molar-refractivity contribution < 1.29 is 14.4 Å². The molecular weight excluding hydrogens is 420 g/mol. The molecule has 2 saturated carbocycles. The molecule has 146 valence electrons. The van der Waals surface area contributed by atoms with Gasteiger partial charge in [0, 0.05) is 10.2 Å². The molecule has 1 heterocycles. The van der Waals surface area contributed by atoms with Crippen LogP contribution >= 0.6 is 15.9 Å². The predicted molar refractivity (Wildman–Crippen MR) is 108 cm³/mol. The Labute approximate surface area is 172 Å². The van der Waals surface area contributed by atoms with Gasteiger partial charge in [0.1, 0.15) is 6.04 Å². The van der Waals surface area contributed by atoms with Crippen molar-refractivity contribution in [3.8, 4) is 0 Å². The van der Waals surface area contributed by atoms with Gasteiger partial charge in [0.05, 0.1) is 11.8 Å². The maximum atomic E-state index is 13.2. The molecule has 3 fully saturated rings. The van der Waals surface area contributed by atoms with E-state index >= 15 is 0 Å². The van der Waals surface area contributed by atoms with Crippen LogP contribution in [-0.2, 0) is 20.8 Å². The Hall–Kier alpha value is -1.95. The van der Waals surface area contributed by atoms with Crippen LogP contribution < -0.4 is 5.32 Å². The predicted octanol–water partition coefficient (Wildman–Crippen LogP) is 3.39. The molecule has 3 amide bonds. The van der Waals surface area contributed by atoms with Gasteiger partial charge in [-0.25, -0.2) is 0 Å². The Balaban J connectivity index is 1.37. The van der Waals surface area contributed by atoms with E-state index in [9.17, 15) is 14.4 Å². The van der Waals surface area contributed by atoms with E-state index in [0.29, 0.717) is 11.8 Å². The van der Waals surface area contributed by atoms with Gasteiger partial charge in [0.25, 0.3) is 0 Å². The molecule has 0 radical (unpaired) electrons. The van der Waals surface area contributed by atoms with Crippen LogP contribution in [0.1, 0.15) is 25.8 Å². The zero-order chi connectivity index (χ0) is 19.7. The van der Waals surface area contributed by atoms with Gasteiger partial charge in [-0.2, -0.15) is 0 Å². The molecule has 7 unspecified atom stereocenters. The van der Waals surface area contributed by atoms with Crippen molar-refractivity contribution >= 4 is 39.3 Å². The van der Waals surface area contributed by atoms with Crippen LogP contribution in [-0.4, -0.2) is 28.7 Å². The highest BCUT2D eigenvalue weighted by molar-refractivity contribution is 9.10. The standard InChI is InChI=1S/C22H23BrN2O3/c1-3-11-8-12(23)4-7-17(11)24-20(26)10(2)25-21(27)18-13-5-6-14(16-9-15(13)16)19(18)22(25)28/h4-8,10,13-16,18-19H,3,9H2,1-2H3,(H,24,26). The van der Waals surface area contributed by atoms with Gasteiger partial charge in [-0.1, -0.05) is 35.0 Å². The first-order valence-electron chi connectivity index (χ1n) is 10.1. The molecule has 7 atom stereocenters. The molecule has 1 saturated heterocycles. The minimum absolute atomic E-state index is 0.158. The van der Waals surface area contributed by atoms with E-state index in [1.807, 2.05) is 25.1 Å². The minimum atomic E-state index is -0.810.